The topological polar surface area (TPSA) is 108 Å². The Hall–Kier alpha value is -3.83. The van der Waals surface area contributed by atoms with Gasteiger partial charge in [-0.1, -0.05) is 0 Å². The summed E-state index contributed by atoms with van der Waals surface area (Å²) in [6.45, 7) is 6.93. The zero-order chi connectivity index (χ0) is 23.1. The van der Waals surface area contributed by atoms with Crippen molar-refractivity contribution in [2.75, 3.05) is 36.4 Å². The molecule has 12 heteroatoms. The summed E-state index contributed by atoms with van der Waals surface area (Å²) in [4.78, 5) is 36.5. The maximum Gasteiger partial charge on any atom is 0.229 e. The Balaban J connectivity index is 1.44. The minimum Gasteiger partial charge on any atom is -0.361 e. The van der Waals surface area contributed by atoms with Crippen molar-refractivity contribution in [3.63, 3.8) is 0 Å². The standard InChI is InChI=1S/C21H23F2N9O/c1-3-30-11-25-18-19(24-10-15-26-14-5-4-13(22)16(23)17(14)27-15)28-21(29-20(18)30)32-8-6-31(7-9-32)12(2)33/h4-5,11H,3,6-10H2,1-2H3,(H,26,27)(H,24,28,29). The zero-order valence-electron chi connectivity index (χ0n) is 18.3. The van der Waals surface area contributed by atoms with E-state index in [0.29, 0.717) is 67.0 Å². The quantitative estimate of drug-likeness (QED) is 0.475. The summed E-state index contributed by atoms with van der Waals surface area (Å²) in [5.74, 6) is -0.365. The number of nitrogens with zero attached hydrogens (tertiary/aromatic N) is 7. The molecule has 0 bridgehead atoms. The largest absolute Gasteiger partial charge is 0.361 e. The molecule has 3 aromatic heterocycles. The van der Waals surface area contributed by atoms with Crippen molar-refractivity contribution in [2.24, 2.45) is 0 Å². The summed E-state index contributed by atoms with van der Waals surface area (Å²) in [5, 5.41) is 3.21. The number of hydrogen-bond donors (Lipinski definition) is 2. The summed E-state index contributed by atoms with van der Waals surface area (Å²) in [5.41, 5.74) is 1.67. The number of amides is 1. The Bertz CT molecular complexity index is 1340. The first-order chi connectivity index (χ1) is 15.9. The van der Waals surface area contributed by atoms with Crippen LogP contribution in [0.3, 0.4) is 0 Å². The number of anilines is 2. The average molecular weight is 455 g/mol. The number of aromatic amines is 1. The van der Waals surface area contributed by atoms with Gasteiger partial charge in [-0.05, 0) is 19.1 Å². The molecule has 33 heavy (non-hydrogen) atoms. The molecule has 0 radical (unpaired) electrons. The molecule has 1 aliphatic rings. The highest BCUT2D eigenvalue weighted by molar-refractivity contribution is 5.84. The molecule has 10 nitrogen and oxygen atoms in total. The molecule has 5 rings (SSSR count). The lowest BCUT2D eigenvalue weighted by Crippen LogP contribution is -2.48. The van der Waals surface area contributed by atoms with E-state index in [1.165, 1.54) is 6.07 Å². The van der Waals surface area contributed by atoms with E-state index in [-0.39, 0.29) is 18.0 Å². The first kappa shape index (κ1) is 21.0. The highest BCUT2D eigenvalue weighted by Crippen LogP contribution is 2.24. The molecule has 4 heterocycles. The number of carbonyl (C=O) groups is 1. The van der Waals surface area contributed by atoms with Gasteiger partial charge in [-0.25, -0.2) is 18.7 Å². The van der Waals surface area contributed by atoms with Crippen molar-refractivity contribution in [3.8, 4) is 0 Å². The molecule has 1 fully saturated rings. The number of benzene rings is 1. The number of hydrogen-bond acceptors (Lipinski definition) is 7. The van der Waals surface area contributed by atoms with E-state index < -0.39 is 11.6 Å². The molecule has 2 N–H and O–H groups in total. The Kier molecular flexibility index (Phi) is 5.27. The molecule has 172 valence electrons. The summed E-state index contributed by atoms with van der Waals surface area (Å²) >= 11 is 0. The van der Waals surface area contributed by atoms with E-state index in [9.17, 15) is 13.6 Å². The van der Waals surface area contributed by atoms with Crippen LogP contribution in [0, 0.1) is 11.6 Å². The second-order valence-electron chi connectivity index (χ2n) is 7.86. The van der Waals surface area contributed by atoms with Crippen LogP contribution in [0.1, 0.15) is 19.7 Å². The van der Waals surface area contributed by atoms with Crippen molar-refractivity contribution in [1.82, 2.24) is 34.4 Å². The average Bonchev–Trinajstić information content (AvgIpc) is 3.44. The Morgan fingerprint density at radius 2 is 1.91 bits per heavy atom. The lowest BCUT2D eigenvalue weighted by Gasteiger charge is -2.34. The number of fused-ring (bicyclic) bond motifs is 2. The monoisotopic (exact) mass is 455 g/mol. The summed E-state index contributed by atoms with van der Waals surface area (Å²) in [6.07, 6.45) is 1.71. The van der Waals surface area contributed by atoms with Crippen molar-refractivity contribution < 1.29 is 13.6 Å². The predicted molar refractivity (Wildman–Crippen MR) is 119 cm³/mol. The van der Waals surface area contributed by atoms with Crippen LogP contribution in [0.5, 0.6) is 0 Å². The van der Waals surface area contributed by atoms with Gasteiger partial charge in [-0.3, -0.25) is 4.79 Å². The lowest BCUT2D eigenvalue weighted by molar-refractivity contribution is -0.129. The Labute approximate surface area is 187 Å². The fraction of sp³-hybridized carbons (Fsp3) is 0.381. The van der Waals surface area contributed by atoms with Gasteiger partial charge in [0.05, 0.1) is 18.4 Å². The lowest BCUT2D eigenvalue weighted by atomic mass is 10.3. The smallest absolute Gasteiger partial charge is 0.229 e. The van der Waals surface area contributed by atoms with Crippen molar-refractivity contribution in [2.45, 2.75) is 26.9 Å². The number of H-pyrrole nitrogens is 1. The van der Waals surface area contributed by atoms with E-state index in [2.05, 4.69) is 20.3 Å². The zero-order valence-corrected chi connectivity index (χ0v) is 18.3. The number of imidazole rings is 2. The van der Waals surface area contributed by atoms with Gasteiger partial charge in [0.15, 0.2) is 28.6 Å². The number of halogens is 2. The second-order valence-corrected chi connectivity index (χ2v) is 7.86. The third-order valence-corrected chi connectivity index (χ3v) is 5.82. The third kappa shape index (κ3) is 3.81. The minimum absolute atomic E-state index is 0.0427. The molecule has 1 aliphatic heterocycles. The number of aryl methyl sites for hydroxylation is 1. The highest BCUT2D eigenvalue weighted by Gasteiger charge is 2.23. The summed E-state index contributed by atoms with van der Waals surface area (Å²) in [7, 11) is 0. The second kappa shape index (κ2) is 8.26. The van der Waals surface area contributed by atoms with Gasteiger partial charge in [0.25, 0.3) is 0 Å². The van der Waals surface area contributed by atoms with Gasteiger partial charge in [0.2, 0.25) is 11.9 Å². The van der Waals surface area contributed by atoms with Crippen LogP contribution in [0.25, 0.3) is 22.2 Å². The van der Waals surface area contributed by atoms with Gasteiger partial charge in [-0.2, -0.15) is 9.97 Å². The molecule has 0 atom stereocenters. The van der Waals surface area contributed by atoms with Crippen LogP contribution in [-0.4, -0.2) is 66.5 Å². The fourth-order valence-electron chi connectivity index (χ4n) is 3.97. The van der Waals surface area contributed by atoms with E-state index in [1.54, 1.807) is 18.2 Å². The summed E-state index contributed by atoms with van der Waals surface area (Å²) < 4.78 is 29.5. The molecule has 1 saturated heterocycles. The molecule has 0 saturated carbocycles. The first-order valence-corrected chi connectivity index (χ1v) is 10.7. The van der Waals surface area contributed by atoms with Crippen molar-refractivity contribution in [3.05, 3.63) is 35.9 Å². The maximum atomic E-state index is 14.0. The van der Waals surface area contributed by atoms with Crippen LogP contribution in [0.2, 0.25) is 0 Å². The Morgan fingerprint density at radius 3 is 2.64 bits per heavy atom. The molecule has 4 aromatic rings. The molecule has 0 unspecified atom stereocenters. The van der Waals surface area contributed by atoms with Gasteiger partial charge < -0.3 is 24.7 Å². The van der Waals surface area contributed by atoms with Gasteiger partial charge in [0.1, 0.15) is 11.3 Å². The maximum absolute atomic E-state index is 14.0. The number of piperazine rings is 1. The van der Waals surface area contributed by atoms with Gasteiger partial charge in [0, 0.05) is 39.6 Å². The minimum atomic E-state index is -0.979. The SMILES string of the molecule is CCn1cnc2c(NCc3nc4c(F)c(F)ccc4[nH]3)nc(N3CCN(C(C)=O)CC3)nc21. The predicted octanol–water partition coefficient (Wildman–Crippen LogP) is 2.28. The molecule has 1 aromatic carbocycles. The van der Waals surface area contributed by atoms with Gasteiger partial charge in [-0.15, -0.1) is 0 Å². The van der Waals surface area contributed by atoms with Crippen LogP contribution in [0.15, 0.2) is 18.5 Å². The van der Waals surface area contributed by atoms with Crippen LogP contribution in [0.4, 0.5) is 20.5 Å². The molecule has 0 aliphatic carbocycles. The molecular formula is C21H23F2N9O. The highest BCUT2D eigenvalue weighted by atomic mass is 19.2. The van der Waals surface area contributed by atoms with E-state index in [0.717, 1.165) is 6.07 Å². The third-order valence-electron chi connectivity index (χ3n) is 5.82. The van der Waals surface area contributed by atoms with E-state index in [1.807, 2.05) is 16.4 Å². The van der Waals surface area contributed by atoms with Crippen LogP contribution in [-0.2, 0) is 17.9 Å². The fourth-order valence-corrected chi connectivity index (χ4v) is 3.97. The van der Waals surface area contributed by atoms with Gasteiger partial charge >= 0.3 is 0 Å². The number of rotatable bonds is 5. The number of carbonyl (C=O) groups excluding carboxylic acids is 1. The first-order valence-electron chi connectivity index (χ1n) is 10.7. The van der Waals surface area contributed by atoms with Crippen molar-refractivity contribution in [1.29, 1.82) is 0 Å². The van der Waals surface area contributed by atoms with Crippen LogP contribution < -0.4 is 10.2 Å². The number of nitrogens with one attached hydrogen (secondary N) is 2. The van der Waals surface area contributed by atoms with E-state index in [4.69, 9.17) is 9.97 Å². The molecular weight excluding hydrogens is 432 g/mol. The van der Waals surface area contributed by atoms with Crippen molar-refractivity contribution >= 4 is 39.9 Å². The van der Waals surface area contributed by atoms with E-state index >= 15 is 0 Å². The normalized spacial score (nSPS) is 14.4. The van der Waals surface area contributed by atoms with Crippen LogP contribution >= 0.6 is 0 Å². The molecule has 0 spiro atoms. The Morgan fingerprint density at radius 1 is 1.12 bits per heavy atom. The summed E-state index contributed by atoms with van der Waals surface area (Å²) in [6, 6.07) is 2.52. The molecule has 1 amide bonds. The number of aromatic nitrogens is 6.